The molecule has 0 bridgehead atoms. The Morgan fingerprint density at radius 1 is 0.204 bits per heavy atom. The second-order valence-corrected chi connectivity index (χ2v) is 13.2. The van der Waals surface area contributed by atoms with E-state index >= 15 is 0 Å². The van der Waals surface area contributed by atoms with E-state index in [1.165, 1.54) is 33.4 Å². The van der Waals surface area contributed by atoms with Crippen LogP contribution in [0.15, 0.2) is 212 Å². The third-order valence-corrected chi connectivity index (χ3v) is 9.78. The van der Waals surface area contributed by atoms with E-state index in [2.05, 4.69) is 200 Å². The molecular weight excluding hydrogens is 655 g/mol. The zero-order valence-corrected chi connectivity index (χ0v) is 29.5. The van der Waals surface area contributed by atoms with E-state index in [-0.39, 0.29) is 0 Å². The van der Waals surface area contributed by atoms with Gasteiger partial charge in [-0.05, 0) is 61.7 Å². The topological polar surface area (TPSA) is 38.7 Å². The Bertz CT molecular complexity index is 2550. The molecule has 8 aromatic carbocycles. The number of hydrogen-bond donors (Lipinski definition) is 0. The molecule has 0 amide bonds. The van der Waals surface area contributed by atoms with Crippen molar-refractivity contribution in [3.05, 3.63) is 212 Å². The summed E-state index contributed by atoms with van der Waals surface area (Å²) in [5.41, 5.74) is 14.4. The van der Waals surface area contributed by atoms with Crippen LogP contribution in [-0.4, -0.2) is 15.0 Å². The molecule has 3 heteroatoms. The molecule has 0 saturated heterocycles. The van der Waals surface area contributed by atoms with Gasteiger partial charge in [-0.1, -0.05) is 206 Å². The maximum absolute atomic E-state index is 5.13. The van der Waals surface area contributed by atoms with E-state index in [4.69, 9.17) is 15.0 Å². The summed E-state index contributed by atoms with van der Waals surface area (Å²) >= 11 is 0. The molecule has 9 aromatic rings. The lowest BCUT2D eigenvalue weighted by atomic mass is 9.87. The van der Waals surface area contributed by atoms with Gasteiger partial charge in [-0.25, -0.2) is 15.0 Å². The number of aromatic nitrogens is 3. The Morgan fingerprint density at radius 2 is 0.519 bits per heavy atom. The predicted molar refractivity (Wildman–Crippen MR) is 223 cm³/mol. The average Bonchev–Trinajstić information content (AvgIpc) is 3.27. The normalized spacial score (nSPS) is 11.0. The second kappa shape index (κ2) is 14.8. The molecule has 0 atom stereocenters. The summed E-state index contributed by atoms with van der Waals surface area (Å²) in [6, 6.07) is 74.1. The second-order valence-electron chi connectivity index (χ2n) is 13.2. The zero-order chi connectivity index (χ0) is 36.1. The molecule has 54 heavy (non-hydrogen) atoms. The summed E-state index contributed by atoms with van der Waals surface area (Å²) in [6.07, 6.45) is 0. The van der Waals surface area contributed by atoms with E-state index in [0.29, 0.717) is 17.5 Å². The smallest absolute Gasteiger partial charge is 0.164 e. The van der Waals surface area contributed by atoms with E-state index in [1.54, 1.807) is 0 Å². The molecule has 9 rings (SSSR count). The first-order valence-electron chi connectivity index (χ1n) is 18.2. The molecule has 1 aromatic heterocycles. The lowest BCUT2D eigenvalue weighted by Gasteiger charge is -2.17. The Balaban J connectivity index is 1.17. The van der Waals surface area contributed by atoms with Gasteiger partial charge in [0.15, 0.2) is 17.5 Å². The molecule has 0 saturated carbocycles. The van der Waals surface area contributed by atoms with Crippen LogP contribution in [0.5, 0.6) is 0 Å². The molecule has 3 nitrogen and oxygen atoms in total. The highest BCUT2D eigenvalue weighted by molar-refractivity contribution is 5.95. The van der Waals surface area contributed by atoms with Gasteiger partial charge in [0.1, 0.15) is 0 Å². The summed E-state index contributed by atoms with van der Waals surface area (Å²) in [5.74, 6) is 1.88. The molecule has 0 aliphatic heterocycles. The van der Waals surface area contributed by atoms with Crippen LogP contribution in [0, 0.1) is 0 Å². The van der Waals surface area contributed by atoms with E-state index < -0.39 is 0 Å². The largest absolute Gasteiger partial charge is 0.208 e. The monoisotopic (exact) mass is 689 g/mol. The third kappa shape index (κ3) is 6.74. The van der Waals surface area contributed by atoms with E-state index in [1.807, 2.05) is 12.1 Å². The average molecular weight is 690 g/mol. The van der Waals surface area contributed by atoms with Crippen molar-refractivity contribution in [2.24, 2.45) is 0 Å². The number of rotatable bonds is 8. The summed E-state index contributed by atoms with van der Waals surface area (Å²) in [4.78, 5) is 15.3. The minimum atomic E-state index is 0.622. The number of benzene rings is 8. The Hall–Kier alpha value is -7.23. The molecule has 0 radical (unpaired) electrons. The first-order chi connectivity index (χ1) is 26.8. The maximum Gasteiger partial charge on any atom is 0.164 e. The molecule has 0 fully saturated rings. The Labute approximate surface area is 316 Å². The van der Waals surface area contributed by atoms with Gasteiger partial charge in [0.2, 0.25) is 0 Å². The van der Waals surface area contributed by atoms with Crippen molar-refractivity contribution in [3.63, 3.8) is 0 Å². The van der Waals surface area contributed by atoms with Crippen LogP contribution in [0.25, 0.3) is 89.8 Å². The van der Waals surface area contributed by atoms with E-state index in [0.717, 1.165) is 38.9 Å². The first kappa shape index (κ1) is 32.7. The summed E-state index contributed by atoms with van der Waals surface area (Å²) in [6.45, 7) is 0. The van der Waals surface area contributed by atoms with Gasteiger partial charge in [-0.2, -0.15) is 0 Å². The van der Waals surface area contributed by atoms with Gasteiger partial charge >= 0.3 is 0 Å². The van der Waals surface area contributed by atoms with Gasteiger partial charge in [-0.15, -0.1) is 0 Å². The molecule has 254 valence electrons. The van der Waals surface area contributed by atoms with Crippen molar-refractivity contribution < 1.29 is 0 Å². The van der Waals surface area contributed by atoms with Crippen molar-refractivity contribution in [2.75, 3.05) is 0 Å². The lowest BCUT2D eigenvalue weighted by Crippen LogP contribution is -2.00. The fraction of sp³-hybridized carbons (Fsp3) is 0. The molecular formula is C51H35N3. The quantitative estimate of drug-likeness (QED) is 0.159. The van der Waals surface area contributed by atoms with Crippen molar-refractivity contribution in [1.82, 2.24) is 15.0 Å². The van der Waals surface area contributed by atoms with Gasteiger partial charge in [-0.3, -0.25) is 0 Å². The van der Waals surface area contributed by atoms with Crippen LogP contribution in [0.1, 0.15) is 0 Å². The Kier molecular flexibility index (Phi) is 8.94. The maximum atomic E-state index is 5.13. The zero-order valence-electron chi connectivity index (χ0n) is 29.5. The standard InChI is InChI=1S/C51H35N3/c1-5-15-36(16-6-1)38-27-31-42(32-28-38)49-52-50(43-33-29-39(30-34-43)37-17-7-2-8-18-37)54-51(53-49)45-24-13-23-44(35-45)47-26-14-25-46(40-19-9-3-10-20-40)48(47)41-21-11-4-12-22-41/h1-35H. The van der Waals surface area contributed by atoms with Gasteiger partial charge < -0.3 is 0 Å². The summed E-state index contributed by atoms with van der Waals surface area (Å²) in [7, 11) is 0. The highest BCUT2D eigenvalue weighted by atomic mass is 15.0. The van der Waals surface area contributed by atoms with Crippen LogP contribution in [0.2, 0.25) is 0 Å². The van der Waals surface area contributed by atoms with Gasteiger partial charge in [0.05, 0.1) is 0 Å². The molecule has 0 aliphatic carbocycles. The Morgan fingerprint density at radius 3 is 1.00 bits per heavy atom. The third-order valence-electron chi connectivity index (χ3n) is 9.78. The lowest BCUT2D eigenvalue weighted by molar-refractivity contribution is 1.07. The number of hydrogen-bond acceptors (Lipinski definition) is 3. The van der Waals surface area contributed by atoms with Crippen LogP contribution in [0.4, 0.5) is 0 Å². The van der Waals surface area contributed by atoms with Crippen molar-refractivity contribution in [2.45, 2.75) is 0 Å². The number of nitrogens with zero attached hydrogens (tertiary/aromatic N) is 3. The van der Waals surface area contributed by atoms with Gasteiger partial charge in [0.25, 0.3) is 0 Å². The van der Waals surface area contributed by atoms with Crippen LogP contribution in [0.3, 0.4) is 0 Å². The first-order valence-corrected chi connectivity index (χ1v) is 18.2. The van der Waals surface area contributed by atoms with Crippen molar-refractivity contribution in [1.29, 1.82) is 0 Å². The van der Waals surface area contributed by atoms with E-state index in [9.17, 15) is 0 Å². The highest BCUT2D eigenvalue weighted by Crippen LogP contribution is 2.41. The van der Waals surface area contributed by atoms with Crippen molar-refractivity contribution >= 4 is 0 Å². The highest BCUT2D eigenvalue weighted by Gasteiger charge is 2.17. The molecule has 1 heterocycles. The summed E-state index contributed by atoms with van der Waals surface area (Å²) < 4.78 is 0. The minimum absolute atomic E-state index is 0.622. The molecule has 0 spiro atoms. The summed E-state index contributed by atoms with van der Waals surface area (Å²) in [5, 5.41) is 0. The van der Waals surface area contributed by atoms with Crippen LogP contribution in [-0.2, 0) is 0 Å². The van der Waals surface area contributed by atoms with Crippen LogP contribution >= 0.6 is 0 Å². The fourth-order valence-corrected chi connectivity index (χ4v) is 7.04. The molecule has 0 aliphatic rings. The SMILES string of the molecule is c1ccc(-c2ccc(-c3nc(-c4ccc(-c5ccccc5)cc4)nc(-c4cccc(-c5cccc(-c6ccccc6)c5-c5ccccc5)c4)n3)cc2)cc1. The van der Waals surface area contributed by atoms with Gasteiger partial charge in [0, 0.05) is 16.7 Å². The predicted octanol–water partition coefficient (Wildman–Crippen LogP) is 13.2. The minimum Gasteiger partial charge on any atom is -0.208 e. The van der Waals surface area contributed by atoms with Crippen LogP contribution < -0.4 is 0 Å². The molecule has 0 unspecified atom stereocenters. The van der Waals surface area contributed by atoms with Crippen molar-refractivity contribution in [3.8, 4) is 89.8 Å². The fourth-order valence-electron chi connectivity index (χ4n) is 7.04. The molecule has 0 N–H and O–H groups in total.